The lowest BCUT2D eigenvalue weighted by atomic mass is 10.1. The van der Waals surface area contributed by atoms with E-state index in [1.54, 1.807) is 4.68 Å². The topological polar surface area (TPSA) is 82.7 Å². The molecule has 7 nitrogen and oxygen atoms in total. The fraction of sp³-hybridized carbons (Fsp3) is 0.615. The van der Waals surface area contributed by atoms with E-state index in [2.05, 4.69) is 15.1 Å². The molecule has 0 aromatic carbocycles. The van der Waals surface area contributed by atoms with Crippen LogP contribution in [0.2, 0.25) is 0 Å². The summed E-state index contributed by atoms with van der Waals surface area (Å²) in [4.78, 5) is 32.1. The Morgan fingerprint density at radius 1 is 1.15 bits per heavy atom. The summed E-state index contributed by atoms with van der Waals surface area (Å²) in [7, 11) is 1.40. The van der Waals surface area contributed by atoms with Crippen LogP contribution in [-0.4, -0.2) is 24.3 Å². The van der Waals surface area contributed by atoms with Crippen LogP contribution in [0.25, 0.3) is 11.5 Å². The fourth-order valence-corrected chi connectivity index (χ4v) is 1.86. The molecule has 2 aliphatic heterocycles. The molecule has 0 fully saturated rings. The van der Waals surface area contributed by atoms with Gasteiger partial charge in [0.1, 0.15) is 0 Å². The van der Waals surface area contributed by atoms with E-state index in [1.165, 1.54) is 7.05 Å². The largest absolute Gasteiger partial charge is 0.352 e. The molecule has 0 aromatic rings. The first kappa shape index (κ1) is 14.4. The minimum Gasteiger partial charge on any atom is -0.267 e. The van der Waals surface area contributed by atoms with Crippen molar-refractivity contribution < 1.29 is 0 Å². The normalized spacial score (nSPS) is 13.1. The molecule has 108 valence electrons. The first-order valence-corrected chi connectivity index (χ1v) is 6.74. The highest BCUT2D eigenvalue weighted by atomic mass is 16.2. The molecule has 2 heterocycles. The quantitative estimate of drug-likeness (QED) is 0.833. The molecule has 0 bridgehead atoms. The van der Waals surface area contributed by atoms with E-state index in [1.807, 2.05) is 27.7 Å². The fourth-order valence-electron chi connectivity index (χ4n) is 1.86. The van der Waals surface area contributed by atoms with Gasteiger partial charge in [-0.25, -0.2) is 14.5 Å². The average Bonchev–Trinajstić information content (AvgIpc) is 2.43. The van der Waals surface area contributed by atoms with Gasteiger partial charge in [0.2, 0.25) is 0 Å². The highest BCUT2D eigenvalue weighted by Crippen LogP contribution is 2.20. The summed E-state index contributed by atoms with van der Waals surface area (Å²) >= 11 is 0. The van der Waals surface area contributed by atoms with Gasteiger partial charge in [0.15, 0.2) is 17.3 Å². The molecule has 7 heteroatoms. The van der Waals surface area contributed by atoms with Crippen LogP contribution in [0.1, 0.15) is 51.9 Å². The van der Waals surface area contributed by atoms with Crippen LogP contribution >= 0.6 is 0 Å². The molecule has 0 N–H and O–H groups in total. The molecule has 1 unspecified atom stereocenters. The Kier molecular flexibility index (Phi) is 3.69. The Morgan fingerprint density at radius 3 is 2.35 bits per heavy atom. The van der Waals surface area contributed by atoms with Crippen molar-refractivity contribution in [2.75, 3.05) is 0 Å². The smallest absolute Gasteiger partial charge is 0.267 e. The first-order chi connectivity index (χ1) is 9.36. The Balaban J connectivity index is 2.89. The molecule has 0 saturated carbocycles. The standard InChI is InChI=1S/C13H19N5O2/c1-6-8(4)10-14-9-11(18(16-10)7(2)3)15-13(20)17(5)12(9)19/h7-8H,6H2,1-5H3. The zero-order valence-electron chi connectivity index (χ0n) is 12.4. The lowest BCUT2D eigenvalue weighted by molar-refractivity contribution is 0.482. The lowest BCUT2D eigenvalue weighted by Gasteiger charge is -2.18. The van der Waals surface area contributed by atoms with Crippen molar-refractivity contribution in [3.8, 4) is 11.5 Å². The maximum Gasteiger partial charge on any atom is 0.352 e. The van der Waals surface area contributed by atoms with Gasteiger partial charge in [0.05, 0.1) is 0 Å². The van der Waals surface area contributed by atoms with E-state index in [4.69, 9.17) is 0 Å². The van der Waals surface area contributed by atoms with Crippen LogP contribution in [-0.2, 0) is 7.05 Å². The summed E-state index contributed by atoms with van der Waals surface area (Å²) in [6.45, 7) is 7.90. The van der Waals surface area contributed by atoms with Gasteiger partial charge in [-0.3, -0.25) is 9.36 Å². The molecule has 0 aliphatic carbocycles. The maximum atomic E-state index is 12.2. The van der Waals surface area contributed by atoms with Crippen molar-refractivity contribution in [1.29, 1.82) is 0 Å². The third kappa shape index (κ3) is 2.23. The second-order valence-electron chi connectivity index (χ2n) is 5.25. The molecule has 0 aromatic heterocycles. The first-order valence-electron chi connectivity index (χ1n) is 6.74. The minimum atomic E-state index is -0.586. The van der Waals surface area contributed by atoms with E-state index < -0.39 is 11.2 Å². The Labute approximate surface area is 116 Å². The van der Waals surface area contributed by atoms with E-state index in [-0.39, 0.29) is 23.5 Å². The predicted octanol–water partition coefficient (Wildman–Crippen LogP) is 0.931. The van der Waals surface area contributed by atoms with Gasteiger partial charge in [0.25, 0.3) is 5.56 Å². The minimum absolute atomic E-state index is 0.0117. The van der Waals surface area contributed by atoms with Crippen LogP contribution in [0, 0.1) is 0 Å². The van der Waals surface area contributed by atoms with Crippen molar-refractivity contribution in [2.24, 2.45) is 7.05 Å². The molecule has 0 radical (unpaired) electrons. The van der Waals surface area contributed by atoms with Crippen LogP contribution in [0.15, 0.2) is 9.59 Å². The average molecular weight is 277 g/mol. The van der Waals surface area contributed by atoms with Crippen LogP contribution in [0.4, 0.5) is 0 Å². The van der Waals surface area contributed by atoms with Crippen molar-refractivity contribution in [1.82, 2.24) is 24.3 Å². The lowest BCUT2D eigenvalue weighted by Crippen LogP contribution is -2.37. The zero-order chi connectivity index (χ0) is 15.0. The number of hydrogen-bond acceptors (Lipinski definition) is 5. The highest BCUT2D eigenvalue weighted by Gasteiger charge is 2.22. The number of rotatable bonds is 3. The molecular weight excluding hydrogens is 258 g/mol. The van der Waals surface area contributed by atoms with Crippen LogP contribution in [0.3, 0.4) is 0 Å². The number of nitrogens with zero attached hydrogens (tertiary/aromatic N) is 5. The summed E-state index contributed by atoms with van der Waals surface area (Å²) in [5.74, 6) is 0.993. The molecule has 1 atom stereocenters. The second kappa shape index (κ2) is 5.15. The van der Waals surface area contributed by atoms with Gasteiger partial charge in [-0.05, 0) is 20.3 Å². The van der Waals surface area contributed by atoms with Gasteiger partial charge in [-0.15, -0.1) is 0 Å². The van der Waals surface area contributed by atoms with E-state index in [9.17, 15) is 9.59 Å². The van der Waals surface area contributed by atoms with Crippen molar-refractivity contribution in [3.63, 3.8) is 0 Å². The summed E-state index contributed by atoms with van der Waals surface area (Å²) in [6, 6.07) is -0.0117. The summed E-state index contributed by atoms with van der Waals surface area (Å²) in [6.07, 6.45) is 0.872. The van der Waals surface area contributed by atoms with Crippen molar-refractivity contribution in [2.45, 2.75) is 46.1 Å². The zero-order valence-corrected chi connectivity index (χ0v) is 12.4. The summed E-state index contributed by atoms with van der Waals surface area (Å²) in [5, 5.41) is 4.44. The molecule has 0 spiro atoms. The SMILES string of the molecule is CCC(C)c1nc2c(=O)n(C)c(=O)nc-2n(C(C)C)n1. The molecule has 0 amide bonds. The molecule has 20 heavy (non-hydrogen) atoms. The van der Waals surface area contributed by atoms with Gasteiger partial charge < -0.3 is 0 Å². The maximum absolute atomic E-state index is 12.2. The van der Waals surface area contributed by atoms with E-state index >= 15 is 0 Å². The third-order valence-corrected chi connectivity index (χ3v) is 3.40. The second-order valence-corrected chi connectivity index (χ2v) is 5.25. The highest BCUT2D eigenvalue weighted by molar-refractivity contribution is 5.48. The van der Waals surface area contributed by atoms with E-state index in [0.717, 1.165) is 11.0 Å². The van der Waals surface area contributed by atoms with E-state index in [0.29, 0.717) is 5.82 Å². The molecular formula is C13H19N5O2. The number of hydrogen-bond donors (Lipinski definition) is 0. The number of aromatic nitrogens is 5. The number of fused-ring (bicyclic) bond motifs is 1. The van der Waals surface area contributed by atoms with Gasteiger partial charge >= 0.3 is 5.69 Å². The van der Waals surface area contributed by atoms with Gasteiger partial charge in [0, 0.05) is 19.0 Å². The van der Waals surface area contributed by atoms with Crippen molar-refractivity contribution >= 4 is 0 Å². The molecule has 2 aliphatic rings. The van der Waals surface area contributed by atoms with Gasteiger partial charge in [-0.1, -0.05) is 13.8 Å². The Hall–Kier alpha value is -2.05. The third-order valence-electron chi connectivity index (χ3n) is 3.40. The molecule has 0 saturated heterocycles. The molecule has 2 rings (SSSR count). The van der Waals surface area contributed by atoms with Gasteiger partial charge in [-0.2, -0.15) is 10.1 Å². The summed E-state index contributed by atoms with van der Waals surface area (Å²) < 4.78 is 2.58. The summed E-state index contributed by atoms with van der Waals surface area (Å²) in [5.41, 5.74) is -0.816. The van der Waals surface area contributed by atoms with Crippen LogP contribution < -0.4 is 11.2 Å². The monoisotopic (exact) mass is 277 g/mol. The van der Waals surface area contributed by atoms with Crippen molar-refractivity contribution in [3.05, 3.63) is 26.7 Å². The Morgan fingerprint density at radius 2 is 1.80 bits per heavy atom. The predicted molar refractivity (Wildman–Crippen MR) is 75.0 cm³/mol. The van der Waals surface area contributed by atoms with Crippen LogP contribution in [0.5, 0.6) is 0 Å². The Bertz CT molecular complexity index is 716.